The molecule has 198 valence electrons. The summed E-state index contributed by atoms with van der Waals surface area (Å²) in [5.74, 6) is 0. The first kappa shape index (κ1) is 30.9. The Kier molecular flexibility index (Phi) is 13.9. The quantitative estimate of drug-likeness (QED) is 0.347. The second-order valence-corrected chi connectivity index (χ2v) is 7.93. The molecule has 0 aliphatic heterocycles. The van der Waals surface area contributed by atoms with E-state index in [0.29, 0.717) is 24.3 Å². The van der Waals surface area contributed by atoms with Gasteiger partial charge in [0.25, 0.3) is 0 Å². The third-order valence-corrected chi connectivity index (χ3v) is 6.22. The molecule has 0 spiro atoms. The lowest BCUT2D eigenvalue weighted by Gasteiger charge is -2.38. The Hall–Kier alpha value is -2.12. The molecule has 35 heavy (non-hydrogen) atoms. The highest BCUT2D eigenvalue weighted by Crippen LogP contribution is 2.37. The Morgan fingerprint density at radius 2 is 0.971 bits per heavy atom. The van der Waals surface area contributed by atoms with E-state index >= 15 is 0 Å². The fourth-order valence-corrected chi connectivity index (χ4v) is 4.29. The number of hydrogen-bond acceptors (Lipinski definition) is 6. The first-order valence-corrected chi connectivity index (χ1v) is 13.3. The minimum absolute atomic E-state index is 0.361. The molecular formula is C29H48N2O4. The van der Waals surface area contributed by atoms with Crippen LogP contribution < -0.4 is 9.80 Å². The summed E-state index contributed by atoms with van der Waals surface area (Å²) >= 11 is 0. The second kappa shape index (κ2) is 15.8. The summed E-state index contributed by atoms with van der Waals surface area (Å²) in [6.45, 7) is 20.4. The van der Waals surface area contributed by atoms with E-state index in [2.05, 4.69) is 37.5 Å². The molecule has 0 bridgehead atoms. The van der Waals surface area contributed by atoms with Crippen LogP contribution in [-0.4, -0.2) is 62.0 Å². The summed E-state index contributed by atoms with van der Waals surface area (Å²) in [5, 5.41) is 23.5. The van der Waals surface area contributed by atoms with E-state index < -0.39 is 18.0 Å². The Morgan fingerprint density at radius 1 is 0.657 bits per heavy atom. The summed E-state index contributed by atoms with van der Waals surface area (Å²) in [5.41, 5.74) is 1.61. The first-order valence-electron chi connectivity index (χ1n) is 13.3. The zero-order chi connectivity index (χ0) is 26.4. The number of aliphatic hydroxyl groups excluding tert-OH is 1. The second-order valence-electron chi connectivity index (χ2n) is 7.93. The van der Waals surface area contributed by atoms with E-state index in [1.807, 2.05) is 76.2 Å². The monoisotopic (exact) mass is 488 g/mol. The number of hydrogen-bond donors (Lipinski definition) is 2. The third-order valence-electron chi connectivity index (χ3n) is 6.22. The maximum absolute atomic E-state index is 12.1. The average molecular weight is 489 g/mol. The Labute approximate surface area is 213 Å². The zero-order valence-electron chi connectivity index (χ0n) is 23.1. The molecule has 0 radical (unpaired) electrons. The number of ether oxygens (including phenoxy) is 2. The van der Waals surface area contributed by atoms with Crippen molar-refractivity contribution in [1.82, 2.24) is 0 Å². The van der Waals surface area contributed by atoms with Crippen molar-refractivity contribution in [3.63, 3.8) is 0 Å². The van der Waals surface area contributed by atoms with Gasteiger partial charge in [-0.3, -0.25) is 0 Å². The number of rotatable bonds is 14. The number of anilines is 2. The van der Waals surface area contributed by atoms with Crippen LogP contribution in [0.15, 0.2) is 48.5 Å². The highest BCUT2D eigenvalue weighted by atomic mass is 16.7. The summed E-state index contributed by atoms with van der Waals surface area (Å²) in [6.07, 6.45) is -2.29. The highest BCUT2D eigenvalue weighted by Gasteiger charge is 2.44. The van der Waals surface area contributed by atoms with Crippen LogP contribution in [0.5, 0.6) is 0 Å². The molecule has 6 heteroatoms. The molecule has 6 nitrogen and oxygen atoms in total. The van der Waals surface area contributed by atoms with Crippen LogP contribution in [0, 0.1) is 0 Å². The number of nitrogens with zero attached hydrogens (tertiary/aromatic N) is 2. The molecule has 1 unspecified atom stereocenters. The van der Waals surface area contributed by atoms with Gasteiger partial charge in [-0.2, -0.15) is 0 Å². The molecule has 0 heterocycles. The topological polar surface area (TPSA) is 65.4 Å². The zero-order valence-corrected chi connectivity index (χ0v) is 23.1. The van der Waals surface area contributed by atoms with Crippen LogP contribution in [0.3, 0.4) is 0 Å². The van der Waals surface area contributed by atoms with Crippen LogP contribution in [0.25, 0.3) is 0 Å². The van der Waals surface area contributed by atoms with Crippen LogP contribution in [0.4, 0.5) is 11.4 Å². The Morgan fingerprint density at radius 3 is 1.23 bits per heavy atom. The van der Waals surface area contributed by atoms with E-state index in [1.54, 1.807) is 0 Å². The van der Waals surface area contributed by atoms with E-state index in [4.69, 9.17) is 9.47 Å². The van der Waals surface area contributed by atoms with Gasteiger partial charge in [0.05, 0.1) is 0 Å². The van der Waals surface area contributed by atoms with E-state index in [0.717, 1.165) is 37.6 Å². The third kappa shape index (κ3) is 7.43. The molecular weight excluding hydrogens is 440 g/mol. The fourth-order valence-electron chi connectivity index (χ4n) is 4.29. The molecule has 2 rings (SSSR count). The molecule has 2 aromatic carbocycles. The van der Waals surface area contributed by atoms with Crippen molar-refractivity contribution in [3.8, 4) is 0 Å². The normalized spacial score (nSPS) is 12.2. The van der Waals surface area contributed by atoms with E-state index in [9.17, 15) is 10.2 Å². The van der Waals surface area contributed by atoms with Gasteiger partial charge >= 0.3 is 0 Å². The molecule has 0 amide bonds. The minimum Gasteiger partial charge on any atom is -0.384 e. The van der Waals surface area contributed by atoms with Gasteiger partial charge in [0.1, 0.15) is 11.7 Å². The van der Waals surface area contributed by atoms with Crippen molar-refractivity contribution in [3.05, 3.63) is 59.7 Å². The smallest absolute Gasteiger partial charge is 0.186 e. The van der Waals surface area contributed by atoms with E-state index in [1.165, 1.54) is 0 Å². The molecule has 2 aromatic rings. The van der Waals surface area contributed by atoms with Crippen LogP contribution in [-0.2, 0) is 15.1 Å². The van der Waals surface area contributed by atoms with Gasteiger partial charge in [0, 0.05) is 50.8 Å². The Balaban J connectivity index is 0.00000298. The lowest BCUT2D eigenvalue weighted by Crippen LogP contribution is -2.49. The standard InChI is InChI=1S/C27H42N2O4.C2H6/c1-7-28(8-2)23-17-13-21(14-18-23)27(31,25(30)26(32-11-5)33-12-6)22-15-19-24(20-16-22)29(9-3)10-4;1-2/h13-20,25-26,30-31H,7-12H2,1-6H3;1-2H3. The molecule has 0 saturated heterocycles. The van der Waals surface area contributed by atoms with Gasteiger partial charge in [0.15, 0.2) is 6.29 Å². The molecule has 1 atom stereocenters. The molecule has 0 aliphatic carbocycles. The van der Waals surface area contributed by atoms with Gasteiger partial charge in [-0.1, -0.05) is 38.1 Å². The molecule has 0 fully saturated rings. The molecule has 0 aliphatic rings. The van der Waals surface area contributed by atoms with Crippen molar-refractivity contribution in [2.24, 2.45) is 0 Å². The summed E-state index contributed by atoms with van der Waals surface area (Å²) in [4.78, 5) is 4.47. The van der Waals surface area contributed by atoms with Crippen LogP contribution >= 0.6 is 0 Å². The van der Waals surface area contributed by atoms with Gasteiger partial charge in [-0.05, 0) is 76.9 Å². The van der Waals surface area contributed by atoms with Gasteiger partial charge < -0.3 is 29.5 Å². The predicted molar refractivity (Wildman–Crippen MR) is 147 cm³/mol. The van der Waals surface area contributed by atoms with Gasteiger partial charge in [0.2, 0.25) is 0 Å². The summed E-state index contributed by atoms with van der Waals surface area (Å²) in [6, 6.07) is 15.5. The Bertz CT molecular complexity index is 741. The van der Waals surface area contributed by atoms with E-state index in [-0.39, 0.29) is 0 Å². The van der Waals surface area contributed by atoms with Crippen LogP contribution in [0.1, 0.15) is 66.5 Å². The number of benzene rings is 2. The number of aliphatic hydroxyl groups is 2. The lowest BCUT2D eigenvalue weighted by molar-refractivity contribution is -0.230. The summed E-state index contributed by atoms with van der Waals surface area (Å²) < 4.78 is 11.4. The van der Waals surface area contributed by atoms with Gasteiger partial charge in [-0.25, -0.2) is 0 Å². The minimum atomic E-state index is -1.71. The van der Waals surface area contributed by atoms with Crippen molar-refractivity contribution in [1.29, 1.82) is 0 Å². The fraction of sp³-hybridized carbons (Fsp3) is 0.586. The lowest BCUT2D eigenvalue weighted by atomic mass is 9.81. The largest absolute Gasteiger partial charge is 0.384 e. The highest BCUT2D eigenvalue weighted by molar-refractivity contribution is 5.53. The maximum Gasteiger partial charge on any atom is 0.186 e. The van der Waals surface area contributed by atoms with Gasteiger partial charge in [-0.15, -0.1) is 0 Å². The maximum atomic E-state index is 12.1. The average Bonchev–Trinajstić information content (AvgIpc) is 2.91. The molecule has 0 saturated carbocycles. The summed E-state index contributed by atoms with van der Waals surface area (Å²) in [7, 11) is 0. The van der Waals surface area contributed by atoms with Crippen molar-refractivity contribution < 1.29 is 19.7 Å². The molecule has 2 N–H and O–H groups in total. The van der Waals surface area contributed by atoms with Crippen molar-refractivity contribution in [2.45, 2.75) is 73.4 Å². The van der Waals surface area contributed by atoms with Crippen LogP contribution in [0.2, 0.25) is 0 Å². The molecule has 0 aromatic heterocycles. The first-order chi connectivity index (χ1) is 16.9. The van der Waals surface area contributed by atoms with Crippen molar-refractivity contribution in [2.75, 3.05) is 49.2 Å². The predicted octanol–water partition coefficient (Wildman–Crippen LogP) is 5.40. The van der Waals surface area contributed by atoms with Crippen molar-refractivity contribution >= 4 is 11.4 Å². The SMILES string of the molecule is CC.CCOC(OCC)C(O)C(O)(c1ccc(N(CC)CC)cc1)c1ccc(N(CC)CC)cc1.